The van der Waals surface area contributed by atoms with Gasteiger partial charge in [-0.1, -0.05) is 84.8 Å². The molecule has 0 spiro atoms. The number of allylic oxidation sites excluding steroid dienone is 1. The molecule has 0 aromatic heterocycles. The minimum Gasteiger partial charge on any atom is -0.375 e. The third kappa shape index (κ3) is 8.56. The molecule has 0 N–H and O–H groups in total. The van der Waals surface area contributed by atoms with E-state index in [-0.39, 0.29) is 30.9 Å². The van der Waals surface area contributed by atoms with E-state index >= 15 is 0 Å². The predicted molar refractivity (Wildman–Crippen MR) is 200 cm³/mol. The van der Waals surface area contributed by atoms with Gasteiger partial charge in [0.2, 0.25) is 12.8 Å². The summed E-state index contributed by atoms with van der Waals surface area (Å²) >= 11 is 0. The van der Waals surface area contributed by atoms with Gasteiger partial charge in [0.15, 0.2) is 0 Å². The molecule has 0 aliphatic carbocycles. The van der Waals surface area contributed by atoms with Crippen molar-refractivity contribution >= 4 is 24.2 Å². The lowest BCUT2D eigenvalue weighted by molar-refractivity contribution is -0.384. The fourth-order valence-electron chi connectivity index (χ4n) is 7.66. The minimum atomic E-state index is -0.641. The van der Waals surface area contributed by atoms with Gasteiger partial charge >= 0.3 is 0 Å². The number of piperidine rings is 1. The first-order valence-corrected chi connectivity index (χ1v) is 17.7. The molecule has 0 saturated carbocycles. The number of hydrogen-bond donors (Lipinski definition) is 0. The summed E-state index contributed by atoms with van der Waals surface area (Å²) in [4.78, 5) is 49.7. The molecule has 3 aromatic rings. The van der Waals surface area contributed by atoms with Crippen molar-refractivity contribution in [2.75, 3.05) is 53.0 Å². The fourth-order valence-corrected chi connectivity index (χ4v) is 7.66. The van der Waals surface area contributed by atoms with E-state index in [1.165, 1.54) is 28.2 Å². The molecule has 0 bridgehead atoms. The number of carbonyl (C=O) groups is 2. The molecule has 2 atom stereocenters. The smallest absolute Gasteiger partial charge is 0.269 e. The summed E-state index contributed by atoms with van der Waals surface area (Å²) in [5.41, 5.74) is 13.8. The van der Waals surface area contributed by atoms with E-state index in [0.29, 0.717) is 48.5 Å². The number of nitro benzene ring substituents is 1. The maximum atomic E-state index is 13.0. The van der Waals surface area contributed by atoms with E-state index in [1.807, 2.05) is 6.92 Å². The summed E-state index contributed by atoms with van der Waals surface area (Å²) in [6, 6.07) is 27.1. The predicted octanol–water partition coefficient (Wildman–Crippen LogP) is 6.47. The molecule has 5 rings (SSSR count). The van der Waals surface area contributed by atoms with Crippen LogP contribution in [0.25, 0.3) is 10.4 Å². The lowest BCUT2D eigenvalue weighted by Crippen LogP contribution is -2.49. The normalized spacial score (nSPS) is 18.5. The molecule has 13 nitrogen and oxygen atoms in total. The second-order valence-electron chi connectivity index (χ2n) is 13.1. The molecule has 13 heteroatoms. The number of rotatable bonds is 18. The number of ether oxygens (including phenoxy) is 1. The van der Waals surface area contributed by atoms with Crippen molar-refractivity contribution in [2.24, 2.45) is 10.1 Å². The highest BCUT2D eigenvalue weighted by molar-refractivity contribution is 5.95. The van der Waals surface area contributed by atoms with Gasteiger partial charge in [-0.3, -0.25) is 24.7 Å². The number of nitrogens with zero attached hydrogens (tertiary/aromatic N) is 8. The summed E-state index contributed by atoms with van der Waals surface area (Å²) < 4.78 is 5.81. The second-order valence-corrected chi connectivity index (χ2v) is 13.1. The zero-order valence-corrected chi connectivity index (χ0v) is 29.8. The molecule has 0 radical (unpaired) electrons. The number of non-ortho nitro benzene ring substituents is 1. The lowest BCUT2D eigenvalue weighted by atomic mass is 9.68. The Hall–Kier alpha value is -5.36. The van der Waals surface area contributed by atoms with Crippen LogP contribution >= 0.6 is 0 Å². The number of benzene rings is 3. The topological polar surface area (TPSA) is 157 Å². The van der Waals surface area contributed by atoms with Gasteiger partial charge in [-0.15, -0.1) is 0 Å². The van der Waals surface area contributed by atoms with Crippen LogP contribution in [0.3, 0.4) is 0 Å². The van der Waals surface area contributed by atoms with Crippen LogP contribution in [0, 0.1) is 10.1 Å². The Morgan fingerprint density at radius 2 is 1.65 bits per heavy atom. The van der Waals surface area contributed by atoms with Gasteiger partial charge in [-0.25, -0.2) is 0 Å². The molecular weight excluding hydrogens is 660 g/mol. The van der Waals surface area contributed by atoms with Crippen LogP contribution in [0.4, 0.5) is 5.69 Å². The van der Waals surface area contributed by atoms with Crippen LogP contribution in [-0.2, 0) is 19.7 Å². The zero-order chi connectivity index (χ0) is 36.9. The number of carbonyl (C=O) groups excluding carboxylic acids is 2. The number of nitro groups is 1. The summed E-state index contributed by atoms with van der Waals surface area (Å²) in [5.74, 6) is -0.559. The average molecular weight is 707 g/mol. The number of amides is 2. The average Bonchev–Trinajstić information content (AvgIpc) is 3.19. The number of azide groups is 1. The highest BCUT2D eigenvalue weighted by Gasteiger charge is 2.41. The van der Waals surface area contributed by atoms with E-state index in [2.05, 4.69) is 75.6 Å². The van der Waals surface area contributed by atoms with E-state index in [0.717, 1.165) is 38.9 Å². The van der Waals surface area contributed by atoms with Crippen LogP contribution < -0.4 is 0 Å². The number of likely N-dealkylation sites (tertiary alicyclic amines) is 1. The maximum Gasteiger partial charge on any atom is 0.269 e. The summed E-state index contributed by atoms with van der Waals surface area (Å²) in [6.45, 7) is 5.38. The molecule has 1 saturated heterocycles. The molecule has 2 unspecified atom stereocenters. The molecule has 52 heavy (non-hydrogen) atoms. The Morgan fingerprint density at radius 1 is 1.02 bits per heavy atom. The van der Waals surface area contributed by atoms with Crippen molar-refractivity contribution in [3.63, 3.8) is 0 Å². The summed E-state index contributed by atoms with van der Waals surface area (Å²) in [6.07, 6.45) is 4.70. The molecular formula is C39H46N8O5. The van der Waals surface area contributed by atoms with Crippen LogP contribution in [0.1, 0.15) is 55.2 Å². The SMILES string of the molecule is CCC1=C(N(C=O)CCCN2CCC(c3ccccc3)(c3ccccc3)CC2)C(c2ccc([N+](=O)[O-])cc2)C(N(C)C=O)C(COCCN=[N+]=[N-])=N1. The monoisotopic (exact) mass is 706 g/mol. The largest absolute Gasteiger partial charge is 0.375 e. The van der Waals surface area contributed by atoms with Crippen molar-refractivity contribution in [2.45, 2.75) is 50.0 Å². The van der Waals surface area contributed by atoms with Crippen molar-refractivity contribution in [3.05, 3.63) is 134 Å². The fraction of sp³-hybridized carbons (Fsp3) is 0.410. The third-order valence-corrected chi connectivity index (χ3v) is 10.3. The zero-order valence-electron chi connectivity index (χ0n) is 29.8. The van der Waals surface area contributed by atoms with Gasteiger partial charge in [0.1, 0.15) is 0 Å². The second kappa shape index (κ2) is 18.2. The number of likely N-dealkylation sites (N-methyl/N-ethyl adjacent to an activating group) is 1. The lowest BCUT2D eigenvalue weighted by Gasteiger charge is -2.43. The molecule has 2 amide bonds. The highest BCUT2D eigenvalue weighted by Crippen LogP contribution is 2.42. The summed E-state index contributed by atoms with van der Waals surface area (Å²) in [5, 5.41) is 15.0. The van der Waals surface area contributed by atoms with Crippen molar-refractivity contribution in [1.29, 1.82) is 0 Å². The Balaban J connectivity index is 1.39. The minimum absolute atomic E-state index is 0.0588. The highest BCUT2D eigenvalue weighted by atomic mass is 16.6. The molecule has 1 fully saturated rings. The molecule has 272 valence electrons. The van der Waals surface area contributed by atoms with Crippen molar-refractivity contribution in [3.8, 4) is 0 Å². The van der Waals surface area contributed by atoms with Crippen LogP contribution in [0.2, 0.25) is 0 Å². The van der Waals surface area contributed by atoms with E-state index in [1.54, 1.807) is 24.1 Å². The Morgan fingerprint density at radius 3 is 2.19 bits per heavy atom. The first kappa shape index (κ1) is 37.9. The number of hydrogen-bond acceptors (Lipinski definition) is 8. The Labute approximate surface area is 304 Å². The molecule has 2 aliphatic heterocycles. The van der Waals surface area contributed by atoms with Crippen molar-refractivity contribution in [1.82, 2.24) is 14.7 Å². The molecule has 3 aromatic carbocycles. The Bertz CT molecular complexity index is 1730. The van der Waals surface area contributed by atoms with Gasteiger partial charge in [0.25, 0.3) is 5.69 Å². The van der Waals surface area contributed by atoms with Gasteiger partial charge in [0, 0.05) is 42.6 Å². The van der Waals surface area contributed by atoms with Gasteiger partial charge in [-0.05, 0) is 67.5 Å². The summed E-state index contributed by atoms with van der Waals surface area (Å²) in [7, 11) is 1.65. The van der Waals surface area contributed by atoms with E-state index < -0.39 is 16.9 Å². The van der Waals surface area contributed by atoms with E-state index in [4.69, 9.17) is 15.3 Å². The first-order chi connectivity index (χ1) is 25.4. The van der Waals surface area contributed by atoms with Crippen LogP contribution in [0.5, 0.6) is 0 Å². The Kier molecular flexibility index (Phi) is 13.3. The number of aliphatic imine (C=N–C) groups is 1. The van der Waals surface area contributed by atoms with Crippen LogP contribution in [0.15, 0.2) is 106 Å². The van der Waals surface area contributed by atoms with E-state index in [9.17, 15) is 19.7 Å². The standard InChI is InChI=1S/C39H46N8O5/c1-3-34-38(36(30-15-17-33(18-16-30)47(50)51)37(44(2)28-48)35(42-34)27-52-26-21-41-43-40)46(29-49)23-10-22-45-24-19-39(20-25-45,31-11-6-4-7-12-31)32-13-8-5-9-14-32/h4-9,11-18,28-29,36-37H,3,10,19-27H2,1-2H3. The van der Waals surface area contributed by atoms with Gasteiger partial charge < -0.3 is 19.4 Å². The maximum absolute atomic E-state index is 13.0. The third-order valence-electron chi connectivity index (χ3n) is 10.3. The first-order valence-electron chi connectivity index (χ1n) is 17.7. The van der Waals surface area contributed by atoms with Crippen LogP contribution in [-0.4, -0.2) is 97.2 Å². The molecule has 2 aliphatic rings. The van der Waals surface area contributed by atoms with Crippen molar-refractivity contribution < 1.29 is 19.2 Å². The quantitative estimate of drug-likeness (QED) is 0.0281. The molecule has 2 heterocycles. The van der Waals surface area contributed by atoms with Gasteiger partial charge in [0.05, 0.1) is 47.2 Å². The van der Waals surface area contributed by atoms with Gasteiger partial charge in [-0.2, -0.15) is 0 Å².